The molecule has 25 heavy (non-hydrogen) atoms. The molecule has 2 atom stereocenters. The fraction of sp³-hybridized carbons (Fsp3) is 0.471. The number of nitrogens with zero attached hydrogens (tertiary/aromatic N) is 5. The van der Waals surface area contributed by atoms with Gasteiger partial charge >= 0.3 is 0 Å². The lowest BCUT2D eigenvalue weighted by atomic mass is 10.1. The maximum absolute atomic E-state index is 13.5. The van der Waals surface area contributed by atoms with Gasteiger partial charge in [-0.1, -0.05) is 12.1 Å². The van der Waals surface area contributed by atoms with Crippen LogP contribution in [0.5, 0.6) is 0 Å². The van der Waals surface area contributed by atoms with Crippen molar-refractivity contribution < 1.29 is 9.13 Å². The lowest BCUT2D eigenvalue weighted by Gasteiger charge is -2.36. The molecule has 0 bridgehead atoms. The molecule has 8 heteroatoms. The van der Waals surface area contributed by atoms with E-state index < -0.39 is 0 Å². The average molecular weight is 346 g/mol. The van der Waals surface area contributed by atoms with Crippen molar-refractivity contribution in [2.24, 2.45) is 0 Å². The van der Waals surface area contributed by atoms with E-state index in [0.29, 0.717) is 24.9 Å². The molecular weight excluding hydrogens is 323 g/mol. The highest BCUT2D eigenvalue weighted by atomic mass is 19.1. The molecule has 1 fully saturated rings. The quantitative estimate of drug-likeness (QED) is 0.904. The first-order valence-corrected chi connectivity index (χ1v) is 8.24. The summed E-state index contributed by atoms with van der Waals surface area (Å²) in [6.45, 7) is 3.97. The Morgan fingerprint density at radius 1 is 1.32 bits per heavy atom. The highest BCUT2D eigenvalue weighted by Gasteiger charge is 2.28. The van der Waals surface area contributed by atoms with E-state index in [1.54, 1.807) is 11.0 Å². The molecule has 7 nitrogen and oxygen atoms in total. The van der Waals surface area contributed by atoms with E-state index in [9.17, 15) is 4.39 Å². The maximum atomic E-state index is 13.5. The third-order valence-corrected chi connectivity index (χ3v) is 4.30. The van der Waals surface area contributed by atoms with Crippen molar-refractivity contribution in [3.63, 3.8) is 0 Å². The minimum absolute atomic E-state index is 0.0519. The second-order valence-electron chi connectivity index (χ2n) is 6.33. The van der Waals surface area contributed by atoms with Gasteiger partial charge in [-0.25, -0.2) is 4.39 Å². The number of halogens is 1. The molecule has 0 amide bonds. The number of anilines is 2. The van der Waals surface area contributed by atoms with Gasteiger partial charge < -0.3 is 15.4 Å². The molecule has 1 aromatic carbocycles. The van der Waals surface area contributed by atoms with Crippen LogP contribution < -0.4 is 10.6 Å². The second kappa shape index (κ2) is 7.28. The number of nitrogens with two attached hydrogens (primary N) is 1. The van der Waals surface area contributed by atoms with Gasteiger partial charge in [0.05, 0.1) is 18.8 Å². The molecule has 2 N–H and O–H groups in total. The smallest absolute Gasteiger partial charge is 0.229 e. The minimum Gasteiger partial charge on any atom is -0.371 e. The Hall–Kier alpha value is -2.32. The minimum atomic E-state index is -0.257. The third-order valence-electron chi connectivity index (χ3n) is 4.30. The Morgan fingerprint density at radius 2 is 2.12 bits per heavy atom. The summed E-state index contributed by atoms with van der Waals surface area (Å²) in [6.07, 6.45) is -0.181. The number of ether oxygens (including phenoxy) is 1. The van der Waals surface area contributed by atoms with E-state index >= 15 is 0 Å². The van der Waals surface area contributed by atoms with E-state index in [1.165, 1.54) is 12.1 Å². The second-order valence-corrected chi connectivity index (χ2v) is 6.33. The molecule has 0 unspecified atom stereocenters. The molecule has 1 aliphatic rings. The maximum Gasteiger partial charge on any atom is 0.229 e. The van der Waals surface area contributed by atoms with Crippen molar-refractivity contribution >= 4 is 11.9 Å². The molecule has 2 heterocycles. The number of benzene rings is 1. The van der Waals surface area contributed by atoms with Crippen molar-refractivity contribution in [1.29, 1.82) is 0 Å². The van der Waals surface area contributed by atoms with Crippen LogP contribution in [0.3, 0.4) is 0 Å². The number of rotatable bonds is 4. The van der Waals surface area contributed by atoms with E-state index in [4.69, 9.17) is 10.5 Å². The molecular formula is C17H23FN6O. The van der Waals surface area contributed by atoms with E-state index in [2.05, 4.69) is 19.9 Å². The van der Waals surface area contributed by atoms with Gasteiger partial charge in [-0.15, -0.1) is 0 Å². The van der Waals surface area contributed by atoms with Crippen LogP contribution in [0.1, 0.15) is 30.5 Å². The largest absolute Gasteiger partial charge is 0.371 e. The van der Waals surface area contributed by atoms with Gasteiger partial charge in [-0.3, -0.25) is 4.90 Å². The molecule has 3 rings (SSSR count). The summed E-state index contributed by atoms with van der Waals surface area (Å²) in [6, 6.07) is 6.48. The molecule has 1 aliphatic heterocycles. The van der Waals surface area contributed by atoms with Crippen LogP contribution in [0.25, 0.3) is 0 Å². The molecule has 2 aromatic rings. The fourth-order valence-electron chi connectivity index (χ4n) is 2.88. The predicted molar refractivity (Wildman–Crippen MR) is 93.6 cm³/mol. The number of hydrogen-bond acceptors (Lipinski definition) is 7. The monoisotopic (exact) mass is 346 g/mol. The van der Waals surface area contributed by atoms with Crippen molar-refractivity contribution in [1.82, 2.24) is 19.9 Å². The van der Waals surface area contributed by atoms with Crippen molar-refractivity contribution in [2.45, 2.75) is 19.1 Å². The summed E-state index contributed by atoms with van der Waals surface area (Å²) < 4.78 is 19.3. The molecule has 0 spiro atoms. The van der Waals surface area contributed by atoms with Gasteiger partial charge in [0.15, 0.2) is 5.82 Å². The molecule has 1 aromatic heterocycles. The van der Waals surface area contributed by atoms with Gasteiger partial charge in [-0.2, -0.15) is 15.0 Å². The first-order chi connectivity index (χ1) is 11.9. The Bertz CT molecular complexity index is 741. The SMILES string of the molecule is C[C@H](c1nc(N)nc(N(C)C)n1)N1CCO[C@H](c2cccc(F)c2)C1. The first-order valence-electron chi connectivity index (χ1n) is 8.24. The molecule has 1 saturated heterocycles. The zero-order valence-electron chi connectivity index (χ0n) is 14.7. The number of aromatic nitrogens is 3. The van der Waals surface area contributed by atoms with E-state index in [-0.39, 0.29) is 23.9 Å². The van der Waals surface area contributed by atoms with Gasteiger partial charge in [0, 0.05) is 27.2 Å². The third kappa shape index (κ3) is 4.02. The summed E-state index contributed by atoms with van der Waals surface area (Å²) in [5.41, 5.74) is 6.66. The highest BCUT2D eigenvalue weighted by Crippen LogP contribution is 2.28. The standard InChI is InChI=1S/C17H23FN6O/c1-11(15-20-16(19)22-17(21-15)23(2)3)24-7-8-25-14(10-24)12-5-4-6-13(18)9-12/h4-6,9,11,14H,7-8,10H2,1-3H3,(H2,19,20,21,22)/t11-,14+/m1/s1. The van der Waals surface area contributed by atoms with Crippen LogP contribution >= 0.6 is 0 Å². The van der Waals surface area contributed by atoms with E-state index in [1.807, 2.05) is 27.1 Å². The fourth-order valence-corrected chi connectivity index (χ4v) is 2.88. The van der Waals surface area contributed by atoms with E-state index in [0.717, 1.165) is 12.1 Å². The summed E-state index contributed by atoms with van der Waals surface area (Å²) in [5, 5.41) is 0. The Labute approximate surface area is 146 Å². The zero-order valence-corrected chi connectivity index (χ0v) is 14.7. The van der Waals surface area contributed by atoms with Gasteiger partial charge in [0.25, 0.3) is 0 Å². The Morgan fingerprint density at radius 3 is 2.84 bits per heavy atom. The summed E-state index contributed by atoms with van der Waals surface area (Å²) >= 11 is 0. The Balaban J connectivity index is 1.79. The van der Waals surface area contributed by atoms with Crippen LogP contribution in [-0.4, -0.2) is 53.6 Å². The first kappa shape index (κ1) is 17.5. The Kier molecular flexibility index (Phi) is 5.10. The molecule has 0 saturated carbocycles. The highest BCUT2D eigenvalue weighted by molar-refractivity contribution is 5.33. The lowest BCUT2D eigenvalue weighted by molar-refractivity contribution is -0.0443. The topological polar surface area (TPSA) is 80.4 Å². The molecule has 134 valence electrons. The molecule has 0 radical (unpaired) electrons. The number of morpholine rings is 1. The van der Waals surface area contributed by atoms with Crippen LogP contribution in [0.15, 0.2) is 24.3 Å². The van der Waals surface area contributed by atoms with Crippen LogP contribution in [0, 0.1) is 5.82 Å². The average Bonchev–Trinajstić information content (AvgIpc) is 2.60. The number of hydrogen-bond donors (Lipinski definition) is 1. The van der Waals surface area contributed by atoms with Gasteiger partial charge in [-0.05, 0) is 24.6 Å². The van der Waals surface area contributed by atoms with Crippen molar-refractivity contribution in [2.75, 3.05) is 44.4 Å². The van der Waals surface area contributed by atoms with Gasteiger partial charge in [0.1, 0.15) is 5.82 Å². The summed E-state index contributed by atoms with van der Waals surface area (Å²) in [7, 11) is 3.72. The van der Waals surface area contributed by atoms with Gasteiger partial charge in [0.2, 0.25) is 11.9 Å². The van der Waals surface area contributed by atoms with Crippen LogP contribution in [0.4, 0.5) is 16.3 Å². The molecule has 0 aliphatic carbocycles. The van der Waals surface area contributed by atoms with Crippen molar-refractivity contribution in [3.05, 3.63) is 41.5 Å². The summed E-state index contributed by atoms with van der Waals surface area (Å²) in [4.78, 5) is 16.9. The predicted octanol–water partition coefficient (Wildman–Crippen LogP) is 1.79. The van der Waals surface area contributed by atoms with Crippen LogP contribution in [-0.2, 0) is 4.74 Å². The normalized spacial score (nSPS) is 19.6. The lowest BCUT2D eigenvalue weighted by Crippen LogP contribution is -2.40. The van der Waals surface area contributed by atoms with Crippen molar-refractivity contribution in [3.8, 4) is 0 Å². The summed E-state index contributed by atoms with van der Waals surface area (Å²) in [5.74, 6) is 1.10. The number of nitrogen functional groups attached to an aromatic ring is 1. The van der Waals surface area contributed by atoms with Crippen LogP contribution in [0.2, 0.25) is 0 Å². The zero-order chi connectivity index (χ0) is 18.0.